The Labute approximate surface area is 180 Å². The van der Waals surface area contributed by atoms with Gasteiger partial charge in [-0.2, -0.15) is 13.2 Å². The molecule has 162 valence electrons. The molecule has 5 rings (SSSR count). The van der Waals surface area contributed by atoms with Crippen LogP contribution in [0.25, 0.3) is 16.4 Å². The molecule has 0 saturated carbocycles. The van der Waals surface area contributed by atoms with Crippen molar-refractivity contribution in [3.63, 3.8) is 0 Å². The van der Waals surface area contributed by atoms with Gasteiger partial charge >= 0.3 is 6.18 Å². The van der Waals surface area contributed by atoms with Crippen LogP contribution in [0.3, 0.4) is 0 Å². The highest BCUT2D eigenvalue weighted by Gasteiger charge is 2.46. The van der Waals surface area contributed by atoms with E-state index in [1.54, 1.807) is 11.0 Å². The average molecular weight is 448 g/mol. The lowest BCUT2D eigenvalue weighted by Gasteiger charge is -2.51. The van der Waals surface area contributed by atoms with Crippen LogP contribution in [0.1, 0.15) is 29.0 Å². The van der Waals surface area contributed by atoms with Crippen molar-refractivity contribution in [1.82, 2.24) is 19.7 Å². The van der Waals surface area contributed by atoms with Crippen LogP contribution in [0.5, 0.6) is 0 Å². The lowest BCUT2D eigenvalue weighted by molar-refractivity contribution is -0.137. The van der Waals surface area contributed by atoms with E-state index in [9.17, 15) is 18.0 Å². The second-order valence-electron chi connectivity index (χ2n) is 7.97. The number of alkyl halides is 3. The molecule has 2 aliphatic rings. The maximum absolute atomic E-state index is 13.2. The van der Waals surface area contributed by atoms with Gasteiger partial charge in [-0.3, -0.25) is 4.79 Å². The third kappa shape index (κ3) is 3.74. The van der Waals surface area contributed by atoms with E-state index in [0.717, 1.165) is 25.0 Å². The van der Waals surface area contributed by atoms with Gasteiger partial charge in [0, 0.05) is 31.7 Å². The van der Waals surface area contributed by atoms with Gasteiger partial charge in [0.2, 0.25) is 5.82 Å². The van der Waals surface area contributed by atoms with Gasteiger partial charge in [-0.05, 0) is 42.5 Å². The Morgan fingerprint density at radius 2 is 1.90 bits per heavy atom. The van der Waals surface area contributed by atoms with Gasteiger partial charge < -0.3 is 9.64 Å². The van der Waals surface area contributed by atoms with Crippen molar-refractivity contribution in [2.24, 2.45) is 5.41 Å². The quantitative estimate of drug-likeness (QED) is 0.601. The van der Waals surface area contributed by atoms with Crippen molar-refractivity contribution in [2.45, 2.75) is 19.0 Å². The summed E-state index contributed by atoms with van der Waals surface area (Å²) in [5, 5.41) is 6.16. The molecule has 1 aromatic carbocycles. The number of ether oxygens (including phenoxy) is 1. The smallest absolute Gasteiger partial charge is 0.381 e. The number of hydrogen-bond acceptors (Lipinski definition) is 5. The third-order valence-electron chi connectivity index (χ3n) is 5.85. The summed E-state index contributed by atoms with van der Waals surface area (Å²) in [7, 11) is 0. The molecule has 0 bridgehead atoms. The fraction of sp³-hybridized carbons (Fsp3) is 0.381. The van der Waals surface area contributed by atoms with Crippen LogP contribution < -0.4 is 0 Å². The van der Waals surface area contributed by atoms with Crippen LogP contribution in [0.15, 0.2) is 41.8 Å². The summed E-state index contributed by atoms with van der Waals surface area (Å²) in [5.41, 5.74) is -0.474. The first-order valence-electron chi connectivity index (χ1n) is 9.90. The summed E-state index contributed by atoms with van der Waals surface area (Å²) in [6.45, 7) is 2.66. The first-order valence-corrected chi connectivity index (χ1v) is 10.8. The van der Waals surface area contributed by atoms with Crippen molar-refractivity contribution >= 4 is 17.2 Å². The Bertz CT molecular complexity index is 1100. The van der Waals surface area contributed by atoms with E-state index in [1.807, 2.05) is 11.4 Å². The molecule has 1 amide bonds. The standard InChI is InChI=1S/C21H19F3N4O2S/c22-21(23,24)14-3-1-4-15(11-14)28-18(16-5-2-10-31-16)25-17(26-28)19(29)27-12-20(13-27)6-8-30-9-7-20/h1-5,10-11H,6-9,12-13H2. The fourth-order valence-electron chi connectivity index (χ4n) is 4.13. The van der Waals surface area contributed by atoms with Crippen LogP contribution in [-0.4, -0.2) is 51.9 Å². The molecule has 2 aromatic heterocycles. The number of amides is 1. The van der Waals surface area contributed by atoms with Gasteiger partial charge in [0.25, 0.3) is 5.91 Å². The molecule has 0 radical (unpaired) electrons. The van der Waals surface area contributed by atoms with Gasteiger partial charge in [-0.25, -0.2) is 9.67 Å². The second-order valence-corrected chi connectivity index (χ2v) is 8.92. The molecule has 0 unspecified atom stereocenters. The molecule has 2 fully saturated rings. The van der Waals surface area contributed by atoms with Gasteiger partial charge in [-0.1, -0.05) is 12.1 Å². The predicted molar refractivity (Wildman–Crippen MR) is 108 cm³/mol. The highest BCUT2D eigenvalue weighted by Crippen LogP contribution is 2.40. The van der Waals surface area contributed by atoms with Crippen LogP contribution >= 0.6 is 11.3 Å². The zero-order valence-corrected chi connectivity index (χ0v) is 17.2. The molecule has 6 nitrogen and oxygen atoms in total. The first-order chi connectivity index (χ1) is 14.8. The zero-order chi connectivity index (χ0) is 21.6. The Morgan fingerprint density at radius 3 is 2.58 bits per heavy atom. The summed E-state index contributed by atoms with van der Waals surface area (Å²) >= 11 is 1.38. The number of carbonyl (C=O) groups is 1. The number of hydrogen-bond donors (Lipinski definition) is 0. The van der Waals surface area contributed by atoms with E-state index >= 15 is 0 Å². The maximum atomic E-state index is 13.2. The summed E-state index contributed by atoms with van der Waals surface area (Å²) in [6.07, 6.45) is -2.64. The van der Waals surface area contributed by atoms with E-state index in [-0.39, 0.29) is 22.8 Å². The Balaban J connectivity index is 1.48. The lowest BCUT2D eigenvalue weighted by atomic mass is 9.73. The van der Waals surface area contributed by atoms with Crippen LogP contribution in [0.2, 0.25) is 0 Å². The number of carbonyl (C=O) groups excluding carboxylic acids is 1. The van der Waals surface area contributed by atoms with Gasteiger partial charge in [0.1, 0.15) is 0 Å². The SMILES string of the molecule is O=C(c1nc(-c2cccs2)n(-c2cccc(C(F)(F)F)c2)n1)N1CC2(CCOCC2)C1. The molecule has 0 aliphatic carbocycles. The number of benzene rings is 1. The Morgan fingerprint density at radius 1 is 1.13 bits per heavy atom. The molecule has 4 heterocycles. The molecular formula is C21H19F3N4O2S. The van der Waals surface area contributed by atoms with Crippen molar-refractivity contribution in [1.29, 1.82) is 0 Å². The second kappa shape index (κ2) is 7.45. The molecule has 0 N–H and O–H groups in total. The van der Waals surface area contributed by atoms with Gasteiger partial charge in [-0.15, -0.1) is 16.4 Å². The third-order valence-corrected chi connectivity index (χ3v) is 6.72. The Kier molecular flexibility index (Phi) is 4.86. The first kappa shape index (κ1) is 20.2. The monoisotopic (exact) mass is 448 g/mol. The maximum Gasteiger partial charge on any atom is 0.416 e. The summed E-state index contributed by atoms with van der Waals surface area (Å²) in [5.74, 6) is 0.0300. The minimum atomic E-state index is -4.48. The number of halogens is 3. The van der Waals surface area contributed by atoms with E-state index in [2.05, 4.69) is 10.1 Å². The van der Waals surface area contributed by atoms with E-state index in [0.29, 0.717) is 37.0 Å². The molecule has 1 spiro atoms. The molecule has 0 atom stereocenters. The van der Waals surface area contributed by atoms with Crippen LogP contribution in [0, 0.1) is 5.41 Å². The lowest BCUT2D eigenvalue weighted by Crippen LogP contribution is -2.60. The van der Waals surface area contributed by atoms with Gasteiger partial charge in [0.05, 0.1) is 16.1 Å². The molecule has 2 saturated heterocycles. The summed E-state index contributed by atoms with van der Waals surface area (Å²) in [6, 6.07) is 8.48. The number of rotatable bonds is 3. The normalized spacial score (nSPS) is 18.2. The predicted octanol–water partition coefficient (Wildman–Crippen LogP) is 4.27. The van der Waals surface area contributed by atoms with Crippen molar-refractivity contribution in [3.05, 3.63) is 53.2 Å². The Hall–Kier alpha value is -2.72. The molecule has 31 heavy (non-hydrogen) atoms. The zero-order valence-electron chi connectivity index (χ0n) is 16.4. The number of aromatic nitrogens is 3. The molecule has 2 aliphatic heterocycles. The van der Waals surface area contributed by atoms with E-state index in [1.165, 1.54) is 28.2 Å². The fourth-order valence-corrected chi connectivity index (χ4v) is 4.83. The van der Waals surface area contributed by atoms with Gasteiger partial charge in [0.15, 0.2) is 5.82 Å². The number of nitrogens with zero attached hydrogens (tertiary/aromatic N) is 4. The summed E-state index contributed by atoms with van der Waals surface area (Å²) in [4.78, 5) is 19.9. The molecule has 10 heteroatoms. The summed E-state index contributed by atoms with van der Waals surface area (Å²) < 4.78 is 46.4. The minimum absolute atomic E-state index is 0.0114. The van der Waals surface area contributed by atoms with Crippen molar-refractivity contribution in [3.8, 4) is 16.4 Å². The largest absolute Gasteiger partial charge is 0.416 e. The van der Waals surface area contributed by atoms with Crippen molar-refractivity contribution in [2.75, 3.05) is 26.3 Å². The van der Waals surface area contributed by atoms with Crippen molar-refractivity contribution < 1.29 is 22.7 Å². The molecule has 3 aromatic rings. The van der Waals surface area contributed by atoms with Crippen LogP contribution in [-0.2, 0) is 10.9 Å². The van der Waals surface area contributed by atoms with E-state index in [4.69, 9.17) is 4.74 Å². The minimum Gasteiger partial charge on any atom is -0.381 e. The topological polar surface area (TPSA) is 60.2 Å². The molecular weight excluding hydrogens is 429 g/mol. The number of likely N-dealkylation sites (tertiary alicyclic amines) is 1. The number of thiophene rings is 1. The van der Waals surface area contributed by atoms with E-state index < -0.39 is 11.7 Å². The highest BCUT2D eigenvalue weighted by atomic mass is 32.1. The highest BCUT2D eigenvalue weighted by molar-refractivity contribution is 7.13. The van der Waals surface area contributed by atoms with Crippen LogP contribution in [0.4, 0.5) is 13.2 Å². The average Bonchev–Trinajstić information content (AvgIpc) is 3.41.